The van der Waals surface area contributed by atoms with E-state index in [2.05, 4.69) is 16.8 Å². The Labute approximate surface area is 151 Å². The molecule has 0 aliphatic carbocycles. The van der Waals surface area contributed by atoms with Crippen molar-refractivity contribution < 1.29 is 4.74 Å². The van der Waals surface area contributed by atoms with E-state index >= 15 is 0 Å². The van der Waals surface area contributed by atoms with Gasteiger partial charge >= 0.3 is 0 Å². The first-order chi connectivity index (χ1) is 11.6. The van der Waals surface area contributed by atoms with Crippen molar-refractivity contribution in [2.45, 2.75) is 0 Å². The van der Waals surface area contributed by atoms with E-state index in [0.29, 0.717) is 21.5 Å². The average molecular weight is 362 g/mol. The van der Waals surface area contributed by atoms with Crippen molar-refractivity contribution in [2.75, 3.05) is 33.2 Å². The molecular formula is C18H17Cl2N3O. The molecule has 4 rings (SSSR count). The van der Waals surface area contributed by atoms with Gasteiger partial charge in [0, 0.05) is 37.3 Å². The molecule has 24 heavy (non-hydrogen) atoms. The van der Waals surface area contributed by atoms with Gasteiger partial charge < -0.3 is 14.5 Å². The van der Waals surface area contributed by atoms with E-state index in [4.69, 9.17) is 32.9 Å². The molecule has 2 aliphatic rings. The van der Waals surface area contributed by atoms with Crippen LogP contribution in [0.5, 0.6) is 11.5 Å². The minimum Gasteiger partial charge on any atom is -0.453 e. The summed E-state index contributed by atoms with van der Waals surface area (Å²) < 4.78 is 6.09. The summed E-state index contributed by atoms with van der Waals surface area (Å²) in [7, 11) is 2.14. The number of likely N-dealkylation sites (N-methyl/N-ethyl adjacent to an activating group) is 1. The Morgan fingerprint density at radius 3 is 2.62 bits per heavy atom. The Balaban J connectivity index is 1.86. The second kappa shape index (κ2) is 6.28. The number of piperazine rings is 1. The van der Waals surface area contributed by atoms with E-state index in [1.807, 2.05) is 30.3 Å². The zero-order valence-electron chi connectivity index (χ0n) is 13.3. The van der Waals surface area contributed by atoms with Crippen molar-refractivity contribution in [3.8, 4) is 11.5 Å². The summed E-state index contributed by atoms with van der Waals surface area (Å²) in [6, 6.07) is 11.3. The third kappa shape index (κ3) is 2.86. The molecule has 0 N–H and O–H groups in total. The molecule has 1 fully saturated rings. The Kier molecular flexibility index (Phi) is 4.12. The van der Waals surface area contributed by atoms with Gasteiger partial charge in [0.15, 0.2) is 11.5 Å². The largest absolute Gasteiger partial charge is 0.453 e. The number of rotatable bonds is 0. The summed E-state index contributed by atoms with van der Waals surface area (Å²) in [6.45, 7) is 3.85. The number of amidine groups is 1. The van der Waals surface area contributed by atoms with Crippen LogP contribution in [0.3, 0.4) is 0 Å². The van der Waals surface area contributed by atoms with Gasteiger partial charge in [-0.15, -0.1) is 0 Å². The summed E-state index contributed by atoms with van der Waals surface area (Å²) in [4.78, 5) is 9.50. The van der Waals surface area contributed by atoms with E-state index in [9.17, 15) is 0 Å². The highest BCUT2D eigenvalue weighted by atomic mass is 35.5. The zero-order valence-corrected chi connectivity index (χ0v) is 14.8. The van der Waals surface area contributed by atoms with Gasteiger partial charge in [-0.25, -0.2) is 4.99 Å². The number of nitrogens with zero attached hydrogens (tertiary/aromatic N) is 3. The number of para-hydroxylation sites is 1. The average Bonchev–Trinajstić information content (AvgIpc) is 2.73. The predicted octanol–water partition coefficient (Wildman–Crippen LogP) is 4.42. The van der Waals surface area contributed by atoms with Crippen LogP contribution >= 0.6 is 23.2 Å². The van der Waals surface area contributed by atoms with E-state index in [0.717, 1.165) is 43.3 Å². The van der Waals surface area contributed by atoms with Crippen LogP contribution in [0.2, 0.25) is 10.0 Å². The van der Waals surface area contributed by atoms with Crippen LogP contribution in [0, 0.1) is 0 Å². The number of ether oxygens (including phenoxy) is 1. The highest BCUT2D eigenvalue weighted by Gasteiger charge is 2.26. The highest BCUT2D eigenvalue weighted by Crippen LogP contribution is 2.42. The fraction of sp³-hybridized carbons (Fsp3) is 0.278. The monoisotopic (exact) mass is 361 g/mol. The first-order valence-electron chi connectivity index (χ1n) is 7.90. The summed E-state index contributed by atoms with van der Waals surface area (Å²) in [6.07, 6.45) is 0. The topological polar surface area (TPSA) is 28.1 Å². The van der Waals surface area contributed by atoms with Crippen LogP contribution in [-0.4, -0.2) is 48.9 Å². The van der Waals surface area contributed by atoms with Gasteiger partial charge in [0.1, 0.15) is 11.5 Å². The van der Waals surface area contributed by atoms with Gasteiger partial charge in [0.2, 0.25) is 0 Å². The molecule has 2 aromatic carbocycles. The lowest BCUT2D eigenvalue weighted by Crippen LogP contribution is -2.47. The molecule has 124 valence electrons. The lowest BCUT2D eigenvalue weighted by molar-refractivity contribution is 0.215. The van der Waals surface area contributed by atoms with Crippen molar-refractivity contribution >= 4 is 34.7 Å². The first kappa shape index (κ1) is 15.8. The van der Waals surface area contributed by atoms with Gasteiger partial charge in [-0.1, -0.05) is 29.3 Å². The van der Waals surface area contributed by atoms with Gasteiger partial charge in [-0.05, 0) is 31.3 Å². The van der Waals surface area contributed by atoms with E-state index in [1.54, 1.807) is 6.07 Å². The Morgan fingerprint density at radius 2 is 1.83 bits per heavy atom. The summed E-state index contributed by atoms with van der Waals surface area (Å²) in [5.41, 5.74) is 1.68. The highest BCUT2D eigenvalue weighted by molar-refractivity contribution is 6.33. The van der Waals surface area contributed by atoms with Crippen LogP contribution in [0.15, 0.2) is 41.4 Å². The molecular weight excluding hydrogens is 345 g/mol. The summed E-state index contributed by atoms with van der Waals surface area (Å²) in [5.74, 6) is 2.17. The molecule has 0 spiro atoms. The molecule has 2 aromatic rings. The van der Waals surface area contributed by atoms with Crippen molar-refractivity contribution in [1.82, 2.24) is 9.80 Å². The standard InChI is InChI=1S/C18H17Cl2N3O/c1-22-7-9-23(10-8-22)18-13-3-2-4-14(20)17(13)24-16-11-12(19)5-6-15(16)21-18/h2-6,11H,7-10H2,1H3. The van der Waals surface area contributed by atoms with Gasteiger partial charge in [-0.3, -0.25) is 0 Å². The minimum absolute atomic E-state index is 0.571. The maximum Gasteiger partial charge on any atom is 0.157 e. The van der Waals surface area contributed by atoms with Crippen molar-refractivity contribution in [3.63, 3.8) is 0 Å². The van der Waals surface area contributed by atoms with Gasteiger partial charge in [0.25, 0.3) is 0 Å². The van der Waals surface area contributed by atoms with Crippen molar-refractivity contribution in [3.05, 3.63) is 52.0 Å². The summed E-state index contributed by atoms with van der Waals surface area (Å²) in [5, 5.41) is 1.18. The first-order valence-corrected chi connectivity index (χ1v) is 8.66. The molecule has 2 heterocycles. The number of benzene rings is 2. The van der Waals surface area contributed by atoms with Crippen molar-refractivity contribution in [1.29, 1.82) is 0 Å². The van der Waals surface area contributed by atoms with E-state index in [1.165, 1.54) is 0 Å². The van der Waals surface area contributed by atoms with Crippen LogP contribution < -0.4 is 4.74 Å². The molecule has 1 saturated heterocycles. The van der Waals surface area contributed by atoms with Crippen LogP contribution in [0.25, 0.3) is 0 Å². The Hall–Kier alpha value is -1.75. The lowest BCUT2D eigenvalue weighted by Gasteiger charge is -2.34. The number of halogens is 2. The van der Waals surface area contributed by atoms with Crippen LogP contribution in [0.1, 0.15) is 5.56 Å². The normalized spacial score (nSPS) is 17.5. The predicted molar refractivity (Wildman–Crippen MR) is 98.2 cm³/mol. The third-order valence-electron chi connectivity index (χ3n) is 4.37. The lowest BCUT2D eigenvalue weighted by atomic mass is 10.1. The molecule has 0 saturated carbocycles. The second-order valence-electron chi connectivity index (χ2n) is 6.06. The van der Waals surface area contributed by atoms with E-state index in [-0.39, 0.29) is 0 Å². The van der Waals surface area contributed by atoms with E-state index < -0.39 is 0 Å². The minimum atomic E-state index is 0.571. The fourth-order valence-electron chi connectivity index (χ4n) is 2.99. The number of fused-ring (bicyclic) bond motifs is 2. The third-order valence-corrected chi connectivity index (χ3v) is 4.90. The molecule has 0 atom stereocenters. The Morgan fingerprint density at radius 1 is 1.04 bits per heavy atom. The maximum absolute atomic E-state index is 6.41. The molecule has 2 aliphatic heterocycles. The zero-order chi connectivity index (χ0) is 16.7. The molecule has 0 aromatic heterocycles. The fourth-order valence-corrected chi connectivity index (χ4v) is 3.37. The number of hydrogen-bond donors (Lipinski definition) is 0. The van der Waals surface area contributed by atoms with Crippen LogP contribution in [0.4, 0.5) is 5.69 Å². The molecule has 0 unspecified atom stereocenters. The smallest absolute Gasteiger partial charge is 0.157 e. The summed E-state index contributed by atoms with van der Waals surface area (Å²) >= 11 is 12.5. The second-order valence-corrected chi connectivity index (χ2v) is 6.90. The Bertz CT molecular complexity index is 814. The molecule has 0 radical (unpaired) electrons. The van der Waals surface area contributed by atoms with Gasteiger partial charge in [0.05, 0.1) is 10.6 Å². The number of aliphatic imine (C=N–C) groups is 1. The van der Waals surface area contributed by atoms with Crippen molar-refractivity contribution in [2.24, 2.45) is 4.99 Å². The molecule has 6 heteroatoms. The maximum atomic E-state index is 6.41. The number of hydrogen-bond acceptors (Lipinski definition) is 4. The molecule has 0 amide bonds. The van der Waals surface area contributed by atoms with Gasteiger partial charge in [-0.2, -0.15) is 0 Å². The quantitative estimate of drug-likeness (QED) is 0.694. The van der Waals surface area contributed by atoms with Crippen LogP contribution in [-0.2, 0) is 0 Å². The molecule has 4 nitrogen and oxygen atoms in total. The SMILES string of the molecule is CN1CCN(C2=Nc3ccc(Cl)cc3Oc3c(Cl)cccc32)CC1. The molecule has 0 bridgehead atoms.